The largest absolute Gasteiger partial charge is 0.466 e. The summed E-state index contributed by atoms with van der Waals surface area (Å²) >= 11 is 0. The fraction of sp³-hybridized carbons (Fsp3) is 0.897. The molecule has 0 rings (SSSR count). The Bertz CT molecular complexity index is 1360. The molecule has 0 aliphatic carbocycles. The monoisotopic (exact) mass is 1180 g/mol. The number of hydrogen-bond acceptors (Lipinski definition) is 5. The Labute approximate surface area is 525 Å². The number of allylic oxidation sites excluding steroid dienone is 5. The predicted molar refractivity (Wildman–Crippen MR) is 370 cm³/mol. The van der Waals surface area contributed by atoms with Crippen molar-refractivity contribution in [2.24, 2.45) is 0 Å². The van der Waals surface area contributed by atoms with Crippen molar-refractivity contribution in [1.29, 1.82) is 0 Å². The molecule has 0 aliphatic rings. The third kappa shape index (κ3) is 69.2. The quantitative estimate of drug-likeness (QED) is 0.0320. The molecule has 0 aromatic heterocycles. The van der Waals surface area contributed by atoms with Crippen molar-refractivity contribution in [1.82, 2.24) is 5.32 Å². The van der Waals surface area contributed by atoms with Gasteiger partial charge in [0.1, 0.15) is 0 Å². The van der Waals surface area contributed by atoms with E-state index in [1.165, 1.54) is 353 Å². The molecule has 0 fully saturated rings. The summed E-state index contributed by atoms with van der Waals surface area (Å²) in [5, 5.41) is 23.3. The zero-order valence-corrected chi connectivity index (χ0v) is 56.9. The average Bonchev–Trinajstić information content (AvgIpc) is 3.51. The first-order chi connectivity index (χ1) is 41.5. The summed E-state index contributed by atoms with van der Waals surface area (Å²) in [5.41, 5.74) is 0. The van der Waals surface area contributed by atoms with E-state index in [1.54, 1.807) is 6.08 Å². The molecule has 0 radical (unpaired) electrons. The molecule has 1 amide bonds. The van der Waals surface area contributed by atoms with Crippen LogP contribution in [0.25, 0.3) is 0 Å². The van der Waals surface area contributed by atoms with Gasteiger partial charge < -0.3 is 20.3 Å². The Morgan fingerprint density at radius 2 is 0.560 bits per heavy atom. The van der Waals surface area contributed by atoms with Crippen LogP contribution in [0.4, 0.5) is 0 Å². The van der Waals surface area contributed by atoms with Gasteiger partial charge in [-0.3, -0.25) is 9.59 Å². The van der Waals surface area contributed by atoms with Crippen molar-refractivity contribution in [2.45, 2.75) is 437 Å². The predicted octanol–water partition coefficient (Wildman–Crippen LogP) is 25.0. The molecule has 0 bridgehead atoms. The second-order valence-electron chi connectivity index (χ2n) is 26.3. The molecule has 0 aromatic carbocycles. The van der Waals surface area contributed by atoms with Crippen LogP contribution in [-0.4, -0.2) is 47.4 Å². The number of nitrogens with one attached hydrogen (secondary N) is 1. The fourth-order valence-electron chi connectivity index (χ4n) is 12.0. The molecule has 3 N–H and O–H groups in total. The van der Waals surface area contributed by atoms with E-state index in [0.29, 0.717) is 19.4 Å². The summed E-state index contributed by atoms with van der Waals surface area (Å²) in [4.78, 5) is 24.7. The lowest BCUT2D eigenvalue weighted by molar-refractivity contribution is -0.143. The Hall–Kier alpha value is -1.92. The van der Waals surface area contributed by atoms with Crippen molar-refractivity contribution >= 4 is 11.9 Å². The van der Waals surface area contributed by atoms with E-state index in [1.807, 2.05) is 6.08 Å². The van der Waals surface area contributed by atoms with Gasteiger partial charge in [0.2, 0.25) is 5.91 Å². The number of ether oxygens (including phenoxy) is 1. The lowest BCUT2D eigenvalue weighted by Gasteiger charge is -2.20. The second kappa shape index (κ2) is 73.5. The van der Waals surface area contributed by atoms with Crippen LogP contribution in [0.3, 0.4) is 0 Å². The number of unbranched alkanes of at least 4 members (excludes halogenated alkanes) is 57. The zero-order chi connectivity index (χ0) is 60.6. The summed E-state index contributed by atoms with van der Waals surface area (Å²) in [6.45, 7) is 4.94. The smallest absolute Gasteiger partial charge is 0.305 e. The van der Waals surface area contributed by atoms with E-state index >= 15 is 0 Å². The minimum absolute atomic E-state index is 0.0114. The minimum atomic E-state index is -0.848. The van der Waals surface area contributed by atoms with Crippen molar-refractivity contribution < 1.29 is 24.5 Å². The highest BCUT2D eigenvalue weighted by Gasteiger charge is 2.18. The molecule has 0 heterocycles. The molecule has 2 atom stereocenters. The van der Waals surface area contributed by atoms with Crippen molar-refractivity contribution in [2.75, 3.05) is 13.2 Å². The SMILES string of the molecule is CCCCCCCC/C=C\CCCCCCCCCC(=O)OCCCCCCCCCCCCCC/C=C\CCCCCCCCCCCCC(=O)NC(CO)C(O)/C=C/CCCCCCCCCCCCCCCCCCCCCCCC. The summed E-state index contributed by atoms with van der Waals surface area (Å²) in [6.07, 6.45) is 95.3. The highest BCUT2D eigenvalue weighted by molar-refractivity contribution is 5.76. The standard InChI is InChI=1S/C78H149NO5/c1-3-5-7-9-11-13-15-17-19-21-22-23-24-29-32-35-39-42-46-50-54-58-62-66-70-76(81)75(74-80)79-77(82)71-67-63-59-55-51-47-43-40-36-33-30-27-25-26-28-31-34-37-41-45-49-53-57-61-65-69-73-84-78(83)72-68-64-60-56-52-48-44-38-20-18-16-14-12-10-8-6-4-2/h18,20,25,27,66,70,75-76,80-81H,3-17,19,21-24,26,28-65,67-69,71-74H2,1-2H3,(H,79,82)/b20-18-,27-25-,70-66+. The lowest BCUT2D eigenvalue weighted by Crippen LogP contribution is -2.45. The van der Waals surface area contributed by atoms with E-state index in [2.05, 4.69) is 43.5 Å². The van der Waals surface area contributed by atoms with Gasteiger partial charge in [0.05, 0.1) is 25.4 Å². The van der Waals surface area contributed by atoms with E-state index in [4.69, 9.17) is 4.74 Å². The molecular weight excluding hydrogens is 1030 g/mol. The normalized spacial score (nSPS) is 12.7. The van der Waals surface area contributed by atoms with Crippen LogP contribution in [0.5, 0.6) is 0 Å². The second-order valence-corrected chi connectivity index (χ2v) is 26.3. The van der Waals surface area contributed by atoms with Gasteiger partial charge >= 0.3 is 5.97 Å². The Morgan fingerprint density at radius 1 is 0.321 bits per heavy atom. The topological polar surface area (TPSA) is 95.9 Å². The van der Waals surface area contributed by atoms with Crippen LogP contribution in [0.1, 0.15) is 425 Å². The first-order valence-electron chi connectivity index (χ1n) is 38.3. The Kier molecular flexibility index (Phi) is 71.9. The van der Waals surface area contributed by atoms with Crippen LogP contribution in [-0.2, 0) is 14.3 Å². The molecule has 0 aliphatic heterocycles. The van der Waals surface area contributed by atoms with Gasteiger partial charge in [-0.2, -0.15) is 0 Å². The molecule has 0 spiro atoms. The molecule has 0 saturated heterocycles. The third-order valence-electron chi connectivity index (χ3n) is 17.9. The van der Waals surface area contributed by atoms with Gasteiger partial charge in [-0.15, -0.1) is 0 Å². The number of amides is 1. The van der Waals surface area contributed by atoms with Gasteiger partial charge in [-0.25, -0.2) is 0 Å². The summed E-state index contributed by atoms with van der Waals surface area (Å²) in [5.74, 6) is -0.0540. The maximum Gasteiger partial charge on any atom is 0.305 e. The average molecular weight is 1180 g/mol. The van der Waals surface area contributed by atoms with Crippen molar-refractivity contribution in [3.8, 4) is 0 Å². The Balaban J connectivity index is 3.41. The maximum atomic E-state index is 12.5. The van der Waals surface area contributed by atoms with Gasteiger partial charge in [-0.1, -0.05) is 365 Å². The number of carbonyl (C=O) groups is 2. The van der Waals surface area contributed by atoms with E-state index < -0.39 is 12.1 Å². The maximum absolute atomic E-state index is 12.5. The van der Waals surface area contributed by atoms with Crippen LogP contribution in [0.15, 0.2) is 36.5 Å². The zero-order valence-electron chi connectivity index (χ0n) is 56.9. The number of carbonyl (C=O) groups excluding carboxylic acids is 2. The first kappa shape index (κ1) is 82.1. The number of esters is 1. The molecule has 84 heavy (non-hydrogen) atoms. The van der Waals surface area contributed by atoms with Gasteiger partial charge in [0, 0.05) is 12.8 Å². The van der Waals surface area contributed by atoms with Crippen LogP contribution in [0.2, 0.25) is 0 Å². The molecule has 6 nitrogen and oxygen atoms in total. The first-order valence-corrected chi connectivity index (χ1v) is 38.3. The molecule has 6 heteroatoms. The van der Waals surface area contributed by atoms with E-state index in [0.717, 1.165) is 44.9 Å². The number of aliphatic hydroxyl groups is 2. The number of aliphatic hydroxyl groups excluding tert-OH is 2. The third-order valence-corrected chi connectivity index (χ3v) is 17.9. The minimum Gasteiger partial charge on any atom is -0.466 e. The van der Waals surface area contributed by atoms with Crippen molar-refractivity contribution in [3.05, 3.63) is 36.5 Å². The van der Waals surface area contributed by atoms with Crippen LogP contribution < -0.4 is 5.32 Å². The molecule has 496 valence electrons. The molecule has 0 aromatic rings. The lowest BCUT2D eigenvalue weighted by atomic mass is 10.0. The van der Waals surface area contributed by atoms with Gasteiger partial charge in [0.15, 0.2) is 0 Å². The summed E-state index contributed by atoms with van der Waals surface area (Å²) < 4.78 is 5.50. The highest BCUT2D eigenvalue weighted by atomic mass is 16.5. The summed E-state index contributed by atoms with van der Waals surface area (Å²) in [6, 6.07) is -0.631. The van der Waals surface area contributed by atoms with Crippen LogP contribution >= 0.6 is 0 Å². The summed E-state index contributed by atoms with van der Waals surface area (Å²) in [7, 11) is 0. The van der Waals surface area contributed by atoms with E-state index in [-0.39, 0.29) is 18.5 Å². The number of rotatable bonds is 72. The van der Waals surface area contributed by atoms with Gasteiger partial charge in [-0.05, 0) is 83.5 Å². The van der Waals surface area contributed by atoms with Gasteiger partial charge in [0.25, 0.3) is 0 Å². The molecule has 0 saturated carbocycles. The molecular formula is C78H149NO5. The molecule has 2 unspecified atom stereocenters. The number of hydrogen-bond donors (Lipinski definition) is 3. The van der Waals surface area contributed by atoms with E-state index in [9.17, 15) is 19.8 Å². The van der Waals surface area contributed by atoms with Crippen molar-refractivity contribution in [3.63, 3.8) is 0 Å². The fourth-order valence-corrected chi connectivity index (χ4v) is 12.0. The Morgan fingerprint density at radius 3 is 0.845 bits per heavy atom. The highest BCUT2D eigenvalue weighted by Crippen LogP contribution is 2.19. The van der Waals surface area contributed by atoms with Crippen LogP contribution in [0, 0.1) is 0 Å².